The number of ether oxygens (including phenoxy) is 1. The second-order valence-corrected chi connectivity index (χ2v) is 7.59. The van der Waals surface area contributed by atoms with Crippen LogP contribution in [0.2, 0.25) is 0 Å². The Balaban J connectivity index is 1.85. The Morgan fingerprint density at radius 1 is 0.931 bits per heavy atom. The van der Waals surface area contributed by atoms with E-state index in [1.165, 1.54) is 7.11 Å². The topological polar surface area (TPSA) is 84.5 Å². The van der Waals surface area contributed by atoms with Gasteiger partial charge in [-0.1, -0.05) is 58.4 Å². The van der Waals surface area contributed by atoms with Crippen molar-refractivity contribution < 1.29 is 19.1 Å². The molecular weight excluding hydrogens is 436 g/mol. The first kappa shape index (κ1) is 22.6. The molecule has 0 saturated heterocycles. The summed E-state index contributed by atoms with van der Waals surface area (Å²) in [5, 5.41) is 5.53. The lowest BCUT2D eigenvalue weighted by molar-refractivity contribution is -0.145. The van der Waals surface area contributed by atoms with Crippen LogP contribution in [-0.4, -0.2) is 30.9 Å². The normalized spacial score (nSPS) is 12.5. The van der Waals surface area contributed by atoms with Crippen molar-refractivity contribution in [1.29, 1.82) is 0 Å². The zero-order valence-electron chi connectivity index (χ0n) is 16.5. The van der Waals surface area contributed by atoms with Crippen LogP contribution in [0.1, 0.15) is 36.9 Å². The minimum absolute atomic E-state index is 0.0127. The molecule has 0 radical (unpaired) electrons. The molecule has 154 valence electrons. The van der Waals surface area contributed by atoms with Gasteiger partial charge in [0.15, 0.2) is 0 Å². The highest BCUT2D eigenvalue weighted by Gasteiger charge is 2.22. The third-order valence-electron chi connectivity index (χ3n) is 4.43. The summed E-state index contributed by atoms with van der Waals surface area (Å²) in [6.45, 7) is 1.89. The quantitative estimate of drug-likeness (QED) is 0.562. The lowest BCUT2D eigenvalue weighted by Crippen LogP contribution is -2.43. The van der Waals surface area contributed by atoms with Gasteiger partial charge in [0.25, 0.3) is 0 Å². The van der Waals surface area contributed by atoms with Crippen LogP contribution in [0.15, 0.2) is 59.1 Å². The minimum atomic E-state index is -0.806. The van der Waals surface area contributed by atoms with E-state index in [1.54, 1.807) is 0 Å². The molecule has 2 rings (SSSR count). The molecule has 0 fully saturated rings. The molecule has 0 heterocycles. The van der Waals surface area contributed by atoms with Gasteiger partial charge in [-0.3, -0.25) is 9.59 Å². The number of amides is 2. The molecule has 29 heavy (non-hydrogen) atoms. The molecule has 0 aliphatic rings. The monoisotopic (exact) mass is 460 g/mol. The fraction of sp³-hybridized carbons (Fsp3) is 0.318. The molecule has 2 N–H and O–H groups in total. The molecule has 2 aromatic rings. The summed E-state index contributed by atoms with van der Waals surface area (Å²) >= 11 is 3.36. The van der Waals surface area contributed by atoms with E-state index in [0.717, 1.165) is 15.6 Å². The number of esters is 1. The van der Waals surface area contributed by atoms with E-state index in [-0.39, 0.29) is 30.7 Å². The van der Waals surface area contributed by atoms with E-state index in [9.17, 15) is 14.4 Å². The molecule has 2 amide bonds. The lowest BCUT2D eigenvalue weighted by Gasteiger charge is -2.17. The highest BCUT2D eigenvalue weighted by Crippen LogP contribution is 2.13. The first-order valence-corrected chi connectivity index (χ1v) is 10.1. The molecule has 7 heteroatoms. The number of rotatable bonds is 9. The van der Waals surface area contributed by atoms with Crippen molar-refractivity contribution in [2.24, 2.45) is 0 Å². The summed E-state index contributed by atoms with van der Waals surface area (Å²) in [5.74, 6) is -1.12. The van der Waals surface area contributed by atoms with E-state index >= 15 is 0 Å². The number of carbonyl (C=O) groups is 3. The van der Waals surface area contributed by atoms with E-state index in [0.29, 0.717) is 6.42 Å². The minimum Gasteiger partial charge on any atom is -0.467 e. The number of methoxy groups -OCH3 is 1. The summed E-state index contributed by atoms with van der Waals surface area (Å²) in [4.78, 5) is 36.4. The molecular formula is C22H25BrN2O4. The Morgan fingerprint density at radius 3 is 2.10 bits per heavy atom. The van der Waals surface area contributed by atoms with Gasteiger partial charge in [0, 0.05) is 23.7 Å². The van der Waals surface area contributed by atoms with E-state index < -0.39 is 12.0 Å². The van der Waals surface area contributed by atoms with Crippen molar-refractivity contribution in [1.82, 2.24) is 10.6 Å². The largest absolute Gasteiger partial charge is 0.467 e. The van der Waals surface area contributed by atoms with Crippen molar-refractivity contribution in [2.45, 2.75) is 38.3 Å². The predicted octanol–water partition coefficient (Wildman–Crippen LogP) is 3.31. The molecule has 0 unspecified atom stereocenters. The molecule has 2 atom stereocenters. The van der Waals surface area contributed by atoms with E-state index in [1.807, 2.05) is 61.5 Å². The zero-order chi connectivity index (χ0) is 21.2. The summed E-state index contributed by atoms with van der Waals surface area (Å²) in [6.07, 6.45) is 0.333. The van der Waals surface area contributed by atoms with Gasteiger partial charge in [-0.15, -0.1) is 0 Å². The van der Waals surface area contributed by atoms with E-state index in [2.05, 4.69) is 26.6 Å². The first-order valence-electron chi connectivity index (χ1n) is 9.35. The van der Waals surface area contributed by atoms with Gasteiger partial charge in [-0.2, -0.15) is 0 Å². The molecule has 0 bridgehead atoms. The number of hydrogen-bond acceptors (Lipinski definition) is 4. The van der Waals surface area contributed by atoms with Crippen molar-refractivity contribution >= 4 is 33.7 Å². The Hall–Kier alpha value is -2.67. The number of benzene rings is 2. The number of nitrogens with one attached hydrogen (secondary N) is 2. The van der Waals surface area contributed by atoms with Crippen LogP contribution < -0.4 is 10.6 Å². The maximum Gasteiger partial charge on any atom is 0.328 e. The van der Waals surface area contributed by atoms with Gasteiger partial charge < -0.3 is 15.4 Å². The molecule has 6 nitrogen and oxygen atoms in total. The van der Waals surface area contributed by atoms with Crippen LogP contribution in [0.3, 0.4) is 0 Å². The Labute approximate surface area is 179 Å². The van der Waals surface area contributed by atoms with Gasteiger partial charge >= 0.3 is 5.97 Å². The number of hydrogen-bond donors (Lipinski definition) is 2. The highest BCUT2D eigenvalue weighted by atomic mass is 79.9. The van der Waals surface area contributed by atoms with Crippen molar-refractivity contribution in [2.75, 3.05) is 7.11 Å². The van der Waals surface area contributed by atoms with Crippen LogP contribution in [-0.2, 0) is 25.5 Å². The Kier molecular flexibility index (Phi) is 8.86. The second kappa shape index (κ2) is 11.4. The van der Waals surface area contributed by atoms with Crippen molar-refractivity contribution in [3.05, 3.63) is 70.2 Å². The molecule has 2 aromatic carbocycles. The predicted molar refractivity (Wildman–Crippen MR) is 114 cm³/mol. The van der Waals surface area contributed by atoms with Crippen molar-refractivity contribution in [3.63, 3.8) is 0 Å². The van der Waals surface area contributed by atoms with Crippen molar-refractivity contribution in [3.8, 4) is 0 Å². The maximum atomic E-state index is 12.3. The average Bonchev–Trinajstić information content (AvgIpc) is 2.73. The fourth-order valence-corrected chi connectivity index (χ4v) is 3.09. The van der Waals surface area contributed by atoms with Crippen LogP contribution in [0.4, 0.5) is 0 Å². The zero-order valence-corrected chi connectivity index (χ0v) is 18.1. The molecule has 0 aromatic heterocycles. The average molecular weight is 461 g/mol. The van der Waals surface area contributed by atoms with Gasteiger partial charge in [-0.25, -0.2) is 4.79 Å². The Bertz CT molecular complexity index is 824. The first-order chi connectivity index (χ1) is 13.9. The summed E-state index contributed by atoms with van der Waals surface area (Å²) < 4.78 is 5.72. The van der Waals surface area contributed by atoms with Gasteiger partial charge in [-0.05, 0) is 30.2 Å². The van der Waals surface area contributed by atoms with Crippen LogP contribution in [0.5, 0.6) is 0 Å². The van der Waals surface area contributed by atoms with E-state index in [4.69, 9.17) is 4.74 Å². The molecule has 0 aliphatic heterocycles. The van der Waals surface area contributed by atoms with Crippen LogP contribution >= 0.6 is 15.9 Å². The molecule has 0 aliphatic carbocycles. The van der Waals surface area contributed by atoms with Crippen LogP contribution in [0.25, 0.3) is 0 Å². The summed E-state index contributed by atoms with van der Waals surface area (Å²) in [6, 6.07) is 16.1. The summed E-state index contributed by atoms with van der Waals surface area (Å²) in [5.41, 5.74) is 1.88. The standard InChI is InChI=1S/C22H25BrN2O4/c1-15(17-6-4-3-5-7-17)24-20(26)12-13-21(27)25-19(22(28)29-2)14-16-8-10-18(23)11-9-16/h3-11,15,19H,12-14H2,1-2H3,(H,24,26)(H,25,27)/t15-,19+/m1/s1. The lowest BCUT2D eigenvalue weighted by atomic mass is 10.1. The third-order valence-corrected chi connectivity index (χ3v) is 4.96. The summed E-state index contributed by atoms with van der Waals surface area (Å²) in [7, 11) is 1.28. The van der Waals surface area contributed by atoms with Gasteiger partial charge in [0.05, 0.1) is 13.2 Å². The smallest absolute Gasteiger partial charge is 0.328 e. The number of halogens is 1. The molecule has 0 saturated carbocycles. The van der Waals surface area contributed by atoms with Gasteiger partial charge in [0.1, 0.15) is 6.04 Å². The van der Waals surface area contributed by atoms with Crippen LogP contribution in [0, 0.1) is 0 Å². The molecule has 0 spiro atoms. The van der Waals surface area contributed by atoms with Gasteiger partial charge in [0.2, 0.25) is 11.8 Å². The highest BCUT2D eigenvalue weighted by molar-refractivity contribution is 9.10. The third kappa shape index (κ3) is 7.69. The second-order valence-electron chi connectivity index (χ2n) is 6.67. The number of carbonyl (C=O) groups excluding carboxylic acids is 3. The Morgan fingerprint density at radius 2 is 1.52 bits per heavy atom. The SMILES string of the molecule is COC(=O)[C@H](Cc1ccc(Br)cc1)NC(=O)CCC(=O)N[C@H](C)c1ccccc1. The fourth-order valence-electron chi connectivity index (χ4n) is 2.82. The maximum absolute atomic E-state index is 12.3.